The van der Waals surface area contributed by atoms with Gasteiger partial charge < -0.3 is 5.32 Å². The maximum Gasteiger partial charge on any atom is 0.355 e. The minimum atomic E-state index is -1.42. The summed E-state index contributed by atoms with van der Waals surface area (Å²) in [5.41, 5.74) is 0.208. The molecule has 16 heteroatoms. The molecule has 0 radical (unpaired) electrons. The van der Waals surface area contributed by atoms with Crippen molar-refractivity contribution >= 4 is 46.1 Å². The first-order chi connectivity index (χ1) is 23.7. The number of carbonyl (C=O) groups excluding carboxylic acids is 1. The van der Waals surface area contributed by atoms with E-state index in [1.807, 2.05) is 24.3 Å². The minimum absolute atomic E-state index is 0.0436. The molecule has 12 nitrogen and oxygen atoms in total. The van der Waals surface area contributed by atoms with Crippen LogP contribution >= 0.6 is 11.6 Å². The summed E-state index contributed by atoms with van der Waals surface area (Å²) in [5.74, 6) is -4.88. The largest absolute Gasteiger partial charge is 0.355 e. The SMILES string of the molecule is Cn1cc2cc(Nc3nc(=O)n(Cc4cnnn4C(=O)/C=C/c4ccc(C(C)(C)C)cc4)c(=O)n3Cc3cc(F)c(F)cc3F)c(Cl)cc2n1. The molecule has 3 aromatic carbocycles. The predicted molar refractivity (Wildman–Crippen MR) is 181 cm³/mol. The Morgan fingerprint density at radius 1 is 0.960 bits per heavy atom. The third kappa shape index (κ3) is 6.98. The lowest BCUT2D eigenvalue weighted by atomic mass is 9.87. The number of nitrogens with zero attached hydrogens (tertiary/aromatic N) is 8. The van der Waals surface area contributed by atoms with Crippen LogP contribution < -0.4 is 16.7 Å². The molecule has 3 aromatic heterocycles. The van der Waals surface area contributed by atoms with Crippen LogP contribution in [0.4, 0.5) is 24.8 Å². The standard InChI is InChI=1S/C34H29ClF3N9O3/c1-34(2,3)22-8-5-19(6-9-22)7-10-30(48)47-23(15-39-43-47)18-46-32(49)41-31(40-29-12-21-16-44(4)42-28(21)13-24(29)35)45(33(46)50)17-20-11-26(37)27(38)14-25(20)36/h5-16H,17-18H2,1-4H3,(H,40,41,49)/b10-7+. The van der Waals surface area contributed by atoms with Gasteiger partial charge in [0.15, 0.2) is 11.6 Å². The summed E-state index contributed by atoms with van der Waals surface area (Å²) < 4.78 is 46.7. The van der Waals surface area contributed by atoms with E-state index in [-0.39, 0.29) is 27.8 Å². The Hall–Kier alpha value is -5.83. The Labute approximate surface area is 287 Å². The van der Waals surface area contributed by atoms with Gasteiger partial charge in [-0.15, -0.1) is 5.10 Å². The number of hydrogen-bond acceptors (Lipinski definition) is 8. The highest BCUT2D eigenvalue weighted by Gasteiger charge is 2.21. The lowest BCUT2D eigenvalue weighted by Gasteiger charge is -2.18. The molecule has 0 atom stereocenters. The summed E-state index contributed by atoms with van der Waals surface area (Å²) in [5, 5.41) is 15.5. The summed E-state index contributed by atoms with van der Waals surface area (Å²) in [6.45, 7) is 5.09. The molecule has 0 aliphatic rings. The molecule has 0 spiro atoms. The number of allylic oxidation sites excluding steroid dienone is 1. The van der Waals surface area contributed by atoms with E-state index in [2.05, 4.69) is 46.5 Å². The monoisotopic (exact) mass is 703 g/mol. The highest BCUT2D eigenvalue weighted by molar-refractivity contribution is 6.34. The third-order valence-electron chi connectivity index (χ3n) is 7.87. The highest BCUT2D eigenvalue weighted by atomic mass is 35.5. The molecule has 50 heavy (non-hydrogen) atoms. The van der Waals surface area contributed by atoms with Gasteiger partial charge in [-0.1, -0.05) is 61.9 Å². The highest BCUT2D eigenvalue weighted by Crippen LogP contribution is 2.29. The lowest BCUT2D eigenvalue weighted by Crippen LogP contribution is -2.43. The van der Waals surface area contributed by atoms with E-state index in [4.69, 9.17) is 11.6 Å². The van der Waals surface area contributed by atoms with E-state index in [1.165, 1.54) is 12.3 Å². The van der Waals surface area contributed by atoms with Crippen molar-refractivity contribution in [3.05, 3.63) is 133 Å². The molecule has 0 amide bonds. The van der Waals surface area contributed by atoms with Gasteiger partial charge in [0.05, 0.1) is 41.2 Å². The van der Waals surface area contributed by atoms with Gasteiger partial charge in [-0.2, -0.15) is 14.8 Å². The van der Waals surface area contributed by atoms with E-state index < -0.39 is 53.4 Å². The first-order valence-corrected chi connectivity index (χ1v) is 15.5. The predicted octanol–water partition coefficient (Wildman–Crippen LogP) is 5.45. The quantitative estimate of drug-likeness (QED) is 0.164. The smallest absolute Gasteiger partial charge is 0.324 e. The number of nitrogens with one attached hydrogen (secondary N) is 1. The molecular formula is C34H29ClF3N9O3. The number of halogens is 4. The van der Waals surface area contributed by atoms with Gasteiger partial charge in [-0.05, 0) is 40.8 Å². The van der Waals surface area contributed by atoms with E-state index in [0.29, 0.717) is 27.6 Å². The fraction of sp³-hybridized carbons (Fsp3) is 0.206. The third-order valence-corrected chi connectivity index (χ3v) is 8.18. The van der Waals surface area contributed by atoms with E-state index in [9.17, 15) is 27.6 Å². The molecule has 0 bridgehead atoms. The second-order valence-electron chi connectivity index (χ2n) is 12.5. The van der Waals surface area contributed by atoms with Crippen LogP contribution in [0.1, 0.15) is 48.0 Å². The molecule has 0 aliphatic carbocycles. The number of aromatic nitrogens is 8. The fourth-order valence-corrected chi connectivity index (χ4v) is 5.39. The fourth-order valence-electron chi connectivity index (χ4n) is 5.19. The zero-order valence-electron chi connectivity index (χ0n) is 27.2. The van der Waals surface area contributed by atoms with Crippen LogP contribution in [0.2, 0.25) is 5.02 Å². The Morgan fingerprint density at radius 2 is 1.68 bits per heavy atom. The first kappa shape index (κ1) is 34.0. The number of rotatable bonds is 8. The Morgan fingerprint density at radius 3 is 2.40 bits per heavy atom. The van der Waals surface area contributed by atoms with Gasteiger partial charge in [0.25, 0.3) is 5.91 Å². The van der Waals surface area contributed by atoms with Crippen LogP contribution in [0.3, 0.4) is 0 Å². The number of fused-ring (bicyclic) bond motifs is 1. The summed E-state index contributed by atoms with van der Waals surface area (Å²) in [6, 6.07) is 11.8. The van der Waals surface area contributed by atoms with Crippen LogP contribution in [-0.2, 0) is 25.6 Å². The van der Waals surface area contributed by atoms with Crippen molar-refractivity contribution in [2.24, 2.45) is 7.05 Å². The molecule has 6 aromatic rings. The van der Waals surface area contributed by atoms with E-state index in [1.54, 1.807) is 36.1 Å². The molecule has 3 heterocycles. The topological polar surface area (TPSA) is 135 Å². The molecule has 1 N–H and O–H groups in total. The molecule has 0 saturated heterocycles. The summed E-state index contributed by atoms with van der Waals surface area (Å²) >= 11 is 6.47. The normalized spacial score (nSPS) is 11.9. The summed E-state index contributed by atoms with van der Waals surface area (Å²) in [4.78, 5) is 44.4. The average molecular weight is 704 g/mol. The van der Waals surface area contributed by atoms with Crippen LogP contribution in [0.25, 0.3) is 17.0 Å². The van der Waals surface area contributed by atoms with Crippen molar-refractivity contribution < 1.29 is 18.0 Å². The lowest BCUT2D eigenvalue weighted by molar-refractivity contribution is 0.0949. The second-order valence-corrected chi connectivity index (χ2v) is 12.9. The number of aryl methyl sites for hydroxylation is 1. The molecule has 256 valence electrons. The number of carbonyl (C=O) groups is 1. The van der Waals surface area contributed by atoms with Crippen LogP contribution in [0.15, 0.2) is 76.6 Å². The zero-order valence-corrected chi connectivity index (χ0v) is 27.9. The first-order valence-electron chi connectivity index (χ1n) is 15.2. The Balaban J connectivity index is 1.36. The number of anilines is 2. The average Bonchev–Trinajstić information content (AvgIpc) is 3.67. The molecule has 0 saturated carbocycles. The van der Waals surface area contributed by atoms with Crippen LogP contribution in [0, 0.1) is 17.5 Å². The number of benzene rings is 3. The van der Waals surface area contributed by atoms with Crippen molar-refractivity contribution in [3.8, 4) is 0 Å². The van der Waals surface area contributed by atoms with Crippen LogP contribution in [0.5, 0.6) is 0 Å². The maximum atomic E-state index is 14.8. The van der Waals surface area contributed by atoms with Crippen molar-refractivity contribution in [1.82, 2.24) is 38.9 Å². The molecule has 0 fully saturated rings. The second kappa shape index (κ2) is 13.2. The Kier molecular flexibility index (Phi) is 9.01. The zero-order chi connectivity index (χ0) is 35.9. The van der Waals surface area contributed by atoms with Gasteiger partial charge in [0, 0.05) is 36.3 Å². The van der Waals surface area contributed by atoms with E-state index in [0.717, 1.165) is 20.4 Å². The van der Waals surface area contributed by atoms with E-state index >= 15 is 0 Å². The van der Waals surface area contributed by atoms with Crippen molar-refractivity contribution in [2.45, 2.75) is 39.3 Å². The van der Waals surface area contributed by atoms with Gasteiger partial charge in [0.1, 0.15) is 5.82 Å². The van der Waals surface area contributed by atoms with Crippen LogP contribution in [-0.4, -0.2) is 44.8 Å². The molecule has 0 aliphatic heterocycles. The van der Waals surface area contributed by atoms with Gasteiger partial charge >= 0.3 is 11.4 Å². The summed E-state index contributed by atoms with van der Waals surface area (Å²) in [6.07, 6.45) is 5.77. The van der Waals surface area contributed by atoms with Crippen molar-refractivity contribution in [2.75, 3.05) is 5.32 Å². The van der Waals surface area contributed by atoms with Gasteiger partial charge in [-0.25, -0.2) is 27.3 Å². The minimum Gasteiger partial charge on any atom is -0.324 e. The maximum absolute atomic E-state index is 14.8. The van der Waals surface area contributed by atoms with Crippen molar-refractivity contribution in [1.29, 1.82) is 0 Å². The number of hydrogen-bond donors (Lipinski definition) is 1. The molecular weight excluding hydrogens is 675 g/mol. The molecule has 6 rings (SSSR count). The van der Waals surface area contributed by atoms with Gasteiger partial charge in [0.2, 0.25) is 5.95 Å². The Bertz CT molecular complexity index is 2420. The summed E-state index contributed by atoms with van der Waals surface area (Å²) in [7, 11) is 1.72. The van der Waals surface area contributed by atoms with Gasteiger partial charge in [-0.3, -0.25) is 14.0 Å². The van der Waals surface area contributed by atoms with Crippen molar-refractivity contribution in [3.63, 3.8) is 0 Å². The molecule has 0 unspecified atom stereocenters.